The van der Waals surface area contributed by atoms with E-state index in [4.69, 9.17) is 0 Å². The molecule has 0 aromatic heterocycles. The summed E-state index contributed by atoms with van der Waals surface area (Å²) in [6, 6.07) is 9.46. The first kappa shape index (κ1) is 22.5. The van der Waals surface area contributed by atoms with Gasteiger partial charge in [0.1, 0.15) is 17.3 Å². The van der Waals surface area contributed by atoms with E-state index in [2.05, 4.69) is 4.90 Å². The lowest BCUT2D eigenvalue weighted by Gasteiger charge is -2.28. The minimum absolute atomic E-state index is 0.00976. The number of rotatable bonds is 7. The molecule has 1 aliphatic heterocycles. The van der Waals surface area contributed by atoms with Gasteiger partial charge >= 0.3 is 0 Å². The molecule has 1 saturated heterocycles. The molecule has 0 bridgehead atoms. The van der Waals surface area contributed by atoms with Crippen molar-refractivity contribution in [2.45, 2.75) is 26.8 Å². The Morgan fingerprint density at radius 1 is 1.13 bits per heavy atom. The summed E-state index contributed by atoms with van der Waals surface area (Å²) in [6.07, 6.45) is 0. The van der Waals surface area contributed by atoms with Crippen molar-refractivity contribution in [1.82, 2.24) is 9.80 Å². The SMILES string of the molecule is CCN(CC)CCN1C(=O)C(=O)/C(=C(\O)c2ccc(F)c(C)c2)C1c1cccc(O)c1. The second-order valence-electron chi connectivity index (χ2n) is 7.58. The van der Waals surface area contributed by atoms with E-state index in [9.17, 15) is 24.2 Å². The average molecular weight is 426 g/mol. The van der Waals surface area contributed by atoms with Crippen LogP contribution in [0.4, 0.5) is 4.39 Å². The molecule has 0 aliphatic carbocycles. The van der Waals surface area contributed by atoms with Crippen molar-refractivity contribution < 1.29 is 24.2 Å². The number of hydrogen-bond donors (Lipinski definition) is 2. The molecule has 3 rings (SSSR count). The van der Waals surface area contributed by atoms with E-state index in [1.165, 1.54) is 35.2 Å². The average Bonchev–Trinajstić information content (AvgIpc) is 3.01. The van der Waals surface area contributed by atoms with Crippen LogP contribution < -0.4 is 0 Å². The highest BCUT2D eigenvalue weighted by atomic mass is 19.1. The minimum atomic E-state index is -0.854. The molecule has 1 heterocycles. The van der Waals surface area contributed by atoms with Gasteiger partial charge in [-0.15, -0.1) is 0 Å². The van der Waals surface area contributed by atoms with Gasteiger partial charge in [-0.25, -0.2) is 4.39 Å². The van der Waals surface area contributed by atoms with E-state index >= 15 is 0 Å². The maximum Gasteiger partial charge on any atom is 0.295 e. The third-order valence-corrected chi connectivity index (χ3v) is 5.71. The first-order valence-electron chi connectivity index (χ1n) is 10.3. The first-order chi connectivity index (χ1) is 14.8. The molecule has 31 heavy (non-hydrogen) atoms. The largest absolute Gasteiger partial charge is 0.508 e. The molecule has 7 heteroatoms. The van der Waals surface area contributed by atoms with E-state index in [1.807, 2.05) is 13.8 Å². The van der Waals surface area contributed by atoms with Gasteiger partial charge in [-0.05, 0) is 61.5 Å². The maximum atomic E-state index is 13.7. The Kier molecular flexibility index (Phi) is 6.75. The fourth-order valence-electron chi connectivity index (χ4n) is 3.89. The lowest BCUT2D eigenvalue weighted by Crippen LogP contribution is -2.38. The number of carbonyl (C=O) groups excluding carboxylic acids is 2. The monoisotopic (exact) mass is 426 g/mol. The fourth-order valence-corrected chi connectivity index (χ4v) is 3.89. The Hall–Kier alpha value is -3.19. The first-order valence-corrected chi connectivity index (χ1v) is 10.3. The molecule has 2 aromatic carbocycles. The number of phenols is 1. The molecule has 1 unspecified atom stereocenters. The summed E-state index contributed by atoms with van der Waals surface area (Å²) in [5.41, 5.74) is 1.01. The van der Waals surface area contributed by atoms with Crippen molar-refractivity contribution in [3.8, 4) is 5.75 Å². The summed E-state index contributed by atoms with van der Waals surface area (Å²) in [7, 11) is 0. The van der Waals surface area contributed by atoms with Crippen molar-refractivity contribution in [3.63, 3.8) is 0 Å². The third kappa shape index (κ3) is 4.46. The number of aryl methyl sites for hydroxylation is 1. The number of carbonyl (C=O) groups is 2. The number of amides is 1. The Bertz CT molecular complexity index is 1030. The molecule has 1 fully saturated rings. The maximum absolute atomic E-state index is 13.7. The zero-order chi connectivity index (χ0) is 22.7. The standard InChI is InChI=1S/C24H27FN2O4/c1-4-26(5-2)11-12-27-21(16-7-6-8-18(28)14-16)20(23(30)24(27)31)22(29)17-9-10-19(25)15(3)13-17/h6-10,13-14,21,28-29H,4-5,11-12H2,1-3H3/b22-20-. The van der Waals surface area contributed by atoms with Gasteiger partial charge in [-0.2, -0.15) is 0 Å². The third-order valence-electron chi connectivity index (χ3n) is 5.71. The van der Waals surface area contributed by atoms with E-state index in [0.717, 1.165) is 13.1 Å². The number of likely N-dealkylation sites (N-methyl/N-ethyl adjacent to an activating group) is 1. The second kappa shape index (κ2) is 9.31. The zero-order valence-electron chi connectivity index (χ0n) is 17.9. The number of ketones is 1. The number of phenolic OH excluding ortho intramolecular Hbond substituents is 1. The van der Waals surface area contributed by atoms with E-state index < -0.39 is 23.5 Å². The van der Waals surface area contributed by atoms with Gasteiger partial charge in [0.25, 0.3) is 11.7 Å². The summed E-state index contributed by atoms with van der Waals surface area (Å²) in [4.78, 5) is 29.5. The number of benzene rings is 2. The number of nitrogens with zero attached hydrogens (tertiary/aromatic N) is 2. The molecule has 1 amide bonds. The van der Waals surface area contributed by atoms with Crippen LogP contribution >= 0.6 is 0 Å². The summed E-state index contributed by atoms with van der Waals surface area (Å²) in [5, 5.41) is 21.0. The van der Waals surface area contributed by atoms with Crippen LogP contribution in [0.2, 0.25) is 0 Å². The molecule has 1 atom stereocenters. The predicted octanol–water partition coefficient (Wildman–Crippen LogP) is 3.60. The molecule has 2 aromatic rings. The van der Waals surface area contributed by atoms with Gasteiger partial charge in [0.2, 0.25) is 0 Å². The predicted molar refractivity (Wildman–Crippen MR) is 116 cm³/mol. The highest BCUT2D eigenvalue weighted by Gasteiger charge is 2.46. The van der Waals surface area contributed by atoms with Gasteiger partial charge in [0, 0.05) is 18.7 Å². The number of hydrogen-bond acceptors (Lipinski definition) is 5. The van der Waals surface area contributed by atoms with Gasteiger partial charge < -0.3 is 20.0 Å². The molecular formula is C24H27FN2O4. The molecule has 0 spiro atoms. The van der Waals surface area contributed by atoms with Crippen LogP contribution in [0.5, 0.6) is 5.75 Å². The fraction of sp³-hybridized carbons (Fsp3) is 0.333. The summed E-state index contributed by atoms with van der Waals surface area (Å²) < 4.78 is 13.7. The van der Waals surface area contributed by atoms with Crippen molar-refractivity contribution in [1.29, 1.82) is 0 Å². The molecule has 2 N–H and O–H groups in total. The second-order valence-corrected chi connectivity index (χ2v) is 7.58. The number of halogens is 1. The molecule has 6 nitrogen and oxygen atoms in total. The van der Waals surface area contributed by atoms with Crippen LogP contribution in [0.25, 0.3) is 5.76 Å². The van der Waals surface area contributed by atoms with Crippen LogP contribution in [0.15, 0.2) is 48.0 Å². The van der Waals surface area contributed by atoms with Crippen LogP contribution in [0.1, 0.15) is 36.6 Å². The summed E-state index contributed by atoms with van der Waals surface area (Å²) in [5.74, 6) is -2.31. The molecule has 1 aliphatic rings. The van der Waals surface area contributed by atoms with Crippen molar-refractivity contribution in [3.05, 3.63) is 70.5 Å². The van der Waals surface area contributed by atoms with E-state index in [1.54, 1.807) is 19.1 Å². The Morgan fingerprint density at radius 2 is 1.84 bits per heavy atom. The lowest BCUT2D eigenvalue weighted by molar-refractivity contribution is -0.140. The Morgan fingerprint density at radius 3 is 2.45 bits per heavy atom. The number of aliphatic hydroxyl groups is 1. The smallest absolute Gasteiger partial charge is 0.295 e. The summed E-state index contributed by atoms with van der Waals surface area (Å²) in [6.45, 7) is 8.03. The molecule has 164 valence electrons. The van der Waals surface area contributed by atoms with Crippen molar-refractivity contribution in [2.75, 3.05) is 26.2 Å². The number of aromatic hydroxyl groups is 1. The van der Waals surface area contributed by atoms with E-state index in [-0.39, 0.29) is 29.2 Å². The summed E-state index contributed by atoms with van der Waals surface area (Å²) >= 11 is 0. The quantitative estimate of drug-likeness (QED) is 0.402. The molecule has 0 saturated carbocycles. The highest BCUT2D eigenvalue weighted by molar-refractivity contribution is 6.46. The van der Waals surface area contributed by atoms with Crippen LogP contribution in [-0.2, 0) is 9.59 Å². The Labute approximate surface area is 181 Å². The zero-order valence-corrected chi connectivity index (χ0v) is 17.9. The van der Waals surface area contributed by atoms with Crippen molar-refractivity contribution >= 4 is 17.4 Å². The Balaban J connectivity index is 2.12. The number of Topliss-reactive ketones (excluding diaryl/α,β-unsaturated/α-hetero) is 1. The van der Waals surface area contributed by atoms with Crippen LogP contribution in [0.3, 0.4) is 0 Å². The lowest BCUT2D eigenvalue weighted by atomic mass is 9.94. The normalized spacial score (nSPS) is 18.2. The molecule has 0 radical (unpaired) electrons. The highest BCUT2D eigenvalue weighted by Crippen LogP contribution is 2.40. The number of aliphatic hydroxyl groups excluding tert-OH is 1. The van der Waals surface area contributed by atoms with Gasteiger partial charge in [-0.3, -0.25) is 9.59 Å². The van der Waals surface area contributed by atoms with E-state index in [0.29, 0.717) is 17.7 Å². The molecular weight excluding hydrogens is 399 g/mol. The van der Waals surface area contributed by atoms with Gasteiger partial charge in [-0.1, -0.05) is 26.0 Å². The van der Waals surface area contributed by atoms with Gasteiger partial charge in [0.15, 0.2) is 0 Å². The van der Waals surface area contributed by atoms with Crippen LogP contribution in [-0.4, -0.2) is 57.9 Å². The van der Waals surface area contributed by atoms with Crippen LogP contribution in [0, 0.1) is 12.7 Å². The minimum Gasteiger partial charge on any atom is -0.508 e. The number of likely N-dealkylation sites (tertiary alicyclic amines) is 1. The van der Waals surface area contributed by atoms with Gasteiger partial charge in [0.05, 0.1) is 11.6 Å². The topological polar surface area (TPSA) is 81.1 Å². The van der Waals surface area contributed by atoms with Crippen molar-refractivity contribution in [2.24, 2.45) is 0 Å².